The first-order valence-corrected chi connectivity index (χ1v) is 4.48. The lowest BCUT2D eigenvalue weighted by atomic mass is 10.2. The Morgan fingerprint density at radius 3 is 2.57 bits per heavy atom. The van der Waals surface area contributed by atoms with Crippen LogP contribution < -0.4 is 0 Å². The van der Waals surface area contributed by atoms with Crippen LogP contribution in [0.1, 0.15) is 11.6 Å². The molecule has 0 aliphatic rings. The van der Waals surface area contributed by atoms with Crippen molar-refractivity contribution in [2.24, 2.45) is 0 Å². The number of pyridine rings is 1. The Hall–Kier alpha value is -1.42. The Bertz CT molecular complexity index is 467. The Labute approximate surface area is 85.9 Å². The lowest BCUT2D eigenvalue weighted by Gasteiger charge is -1.99. The molecule has 0 saturated carbocycles. The van der Waals surface area contributed by atoms with Crippen molar-refractivity contribution in [3.63, 3.8) is 0 Å². The van der Waals surface area contributed by atoms with Crippen LogP contribution in [0.4, 0.5) is 0 Å². The minimum absolute atomic E-state index is 0.461. The van der Waals surface area contributed by atoms with E-state index in [1.54, 1.807) is 13.0 Å². The fourth-order valence-electron chi connectivity index (χ4n) is 1.16. The van der Waals surface area contributed by atoms with Crippen LogP contribution in [-0.2, 0) is 0 Å². The first-order chi connectivity index (χ1) is 6.66. The van der Waals surface area contributed by atoms with E-state index in [9.17, 15) is 0 Å². The number of nitrogens with zero attached hydrogens (tertiary/aromatic N) is 3. The van der Waals surface area contributed by atoms with E-state index in [0.717, 1.165) is 11.3 Å². The van der Waals surface area contributed by atoms with Crippen LogP contribution >= 0.6 is 11.6 Å². The third kappa shape index (κ3) is 1.61. The maximum absolute atomic E-state index is 5.73. The summed E-state index contributed by atoms with van der Waals surface area (Å²) in [5.74, 6) is 1.01. The van der Waals surface area contributed by atoms with Crippen molar-refractivity contribution in [2.45, 2.75) is 13.8 Å². The molecule has 72 valence electrons. The molecule has 0 aliphatic carbocycles. The Balaban J connectivity index is 2.52. The van der Waals surface area contributed by atoms with Gasteiger partial charge in [-0.15, -0.1) is 10.2 Å². The molecular weight excluding hydrogens is 202 g/mol. The predicted molar refractivity (Wildman–Crippen MR) is 52.0 cm³/mol. The molecule has 0 spiro atoms. The molecule has 0 aromatic carbocycles. The quantitative estimate of drug-likeness (QED) is 0.677. The summed E-state index contributed by atoms with van der Waals surface area (Å²) in [6.07, 6.45) is 0. The Morgan fingerprint density at radius 2 is 2.00 bits per heavy atom. The van der Waals surface area contributed by atoms with E-state index in [2.05, 4.69) is 15.2 Å². The molecule has 0 bridgehead atoms. The topological polar surface area (TPSA) is 51.8 Å². The van der Waals surface area contributed by atoms with Gasteiger partial charge in [-0.3, -0.25) is 0 Å². The molecule has 2 aromatic rings. The van der Waals surface area contributed by atoms with Gasteiger partial charge in [0.15, 0.2) is 0 Å². The second kappa shape index (κ2) is 3.38. The molecule has 5 heteroatoms. The standard InChI is InChI=1S/C9H8ClN3O/c1-5-7(3-4-8(10)11-5)9-13-12-6(2)14-9/h3-4H,1-2H3. The average Bonchev–Trinajstić information content (AvgIpc) is 2.51. The molecule has 14 heavy (non-hydrogen) atoms. The summed E-state index contributed by atoms with van der Waals surface area (Å²) in [5.41, 5.74) is 1.59. The van der Waals surface area contributed by atoms with Crippen molar-refractivity contribution in [2.75, 3.05) is 0 Å². The largest absolute Gasteiger partial charge is 0.421 e. The molecule has 0 aliphatic heterocycles. The smallest absolute Gasteiger partial charge is 0.249 e. The van der Waals surface area contributed by atoms with Gasteiger partial charge in [0.1, 0.15) is 5.15 Å². The number of hydrogen-bond acceptors (Lipinski definition) is 4. The third-order valence-electron chi connectivity index (χ3n) is 1.81. The van der Waals surface area contributed by atoms with Crippen LogP contribution in [0.25, 0.3) is 11.5 Å². The molecule has 0 N–H and O–H groups in total. The SMILES string of the molecule is Cc1nnc(-c2ccc(Cl)nc2C)o1. The van der Waals surface area contributed by atoms with Crippen LogP contribution in [0.2, 0.25) is 5.15 Å². The zero-order valence-electron chi connectivity index (χ0n) is 7.78. The highest BCUT2D eigenvalue weighted by Crippen LogP contribution is 2.21. The fraction of sp³-hybridized carbons (Fsp3) is 0.222. The van der Waals surface area contributed by atoms with Crippen molar-refractivity contribution >= 4 is 11.6 Å². The van der Waals surface area contributed by atoms with Crippen LogP contribution in [0.3, 0.4) is 0 Å². The van der Waals surface area contributed by atoms with E-state index < -0.39 is 0 Å². The predicted octanol–water partition coefficient (Wildman–Crippen LogP) is 2.40. The number of rotatable bonds is 1. The van der Waals surface area contributed by atoms with E-state index in [0.29, 0.717) is 16.9 Å². The van der Waals surface area contributed by atoms with Crippen molar-refractivity contribution < 1.29 is 4.42 Å². The average molecular weight is 210 g/mol. The highest BCUT2D eigenvalue weighted by Gasteiger charge is 2.09. The molecule has 0 radical (unpaired) electrons. The van der Waals surface area contributed by atoms with Gasteiger partial charge in [0.05, 0.1) is 11.3 Å². The second-order valence-electron chi connectivity index (χ2n) is 2.89. The number of hydrogen-bond donors (Lipinski definition) is 0. The van der Waals surface area contributed by atoms with Crippen molar-refractivity contribution in [3.8, 4) is 11.5 Å². The zero-order chi connectivity index (χ0) is 10.1. The van der Waals surface area contributed by atoms with Gasteiger partial charge in [0.2, 0.25) is 11.8 Å². The van der Waals surface area contributed by atoms with Crippen LogP contribution in [0.15, 0.2) is 16.5 Å². The summed E-state index contributed by atoms with van der Waals surface area (Å²) >= 11 is 5.73. The number of aromatic nitrogens is 3. The number of halogens is 1. The third-order valence-corrected chi connectivity index (χ3v) is 2.02. The lowest BCUT2D eigenvalue weighted by Crippen LogP contribution is -1.87. The van der Waals surface area contributed by atoms with E-state index >= 15 is 0 Å². The summed E-state index contributed by atoms with van der Waals surface area (Å²) in [5, 5.41) is 8.12. The first kappa shape index (κ1) is 9.15. The minimum atomic E-state index is 0.461. The van der Waals surface area contributed by atoms with E-state index in [1.807, 2.05) is 13.0 Å². The van der Waals surface area contributed by atoms with Crippen LogP contribution in [0, 0.1) is 13.8 Å². The molecule has 0 amide bonds. The summed E-state index contributed by atoms with van der Waals surface area (Å²) in [6, 6.07) is 3.51. The summed E-state index contributed by atoms with van der Waals surface area (Å²) in [6.45, 7) is 3.59. The van der Waals surface area contributed by atoms with Crippen molar-refractivity contribution in [1.29, 1.82) is 0 Å². The minimum Gasteiger partial charge on any atom is -0.421 e. The number of aryl methyl sites for hydroxylation is 2. The van der Waals surface area contributed by atoms with Gasteiger partial charge in [0, 0.05) is 6.92 Å². The van der Waals surface area contributed by atoms with E-state index in [1.165, 1.54) is 0 Å². The van der Waals surface area contributed by atoms with E-state index in [-0.39, 0.29) is 0 Å². The second-order valence-corrected chi connectivity index (χ2v) is 3.28. The monoisotopic (exact) mass is 209 g/mol. The molecular formula is C9H8ClN3O. The van der Waals surface area contributed by atoms with Gasteiger partial charge < -0.3 is 4.42 Å². The normalized spacial score (nSPS) is 10.5. The Morgan fingerprint density at radius 1 is 1.21 bits per heavy atom. The van der Waals surface area contributed by atoms with Gasteiger partial charge >= 0.3 is 0 Å². The van der Waals surface area contributed by atoms with Crippen LogP contribution in [-0.4, -0.2) is 15.2 Å². The molecule has 0 atom stereocenters. The fourth-order valence-corrected chi connectivity index (χ4v) is 1.35. The summed E-state index contributed by atoms with van der Waals surface area (Å²) in [7, 11) is 0. The van der Waals surface area contributed by atoms with Gasteiger partial charge in [-0.1, -0.05) is 11.6 Å². The first-order valence-electron chi connectivity index (χ1n) is 4.10. The van der Waals surface area contributed by atoms with Gasteiger partial charge in [-0.2, -0.15) is 0 Å². The molecule has 2 rings (SSSR count). The van der Waals surface area contributed by atoms with Gasteiger partial charge in [-0.25, -0.2) is 4.98 Å². The van der Waals surface area contributed by atoms with E-state index in [4.69, 9.17) is 16.0 Å². The molecule has 4 nitrogen and oxygen atoms in total. The van der Waals surface area contributed by atoms with Crippen molar-refractivity contribution in [3.05, 3.63) is 28.9 Å². The highest BCUT2D eigenvalue weighted by molar-refractivity contribution is 6.29. The maximum atomic E-state index is 5.73. The Kier molecular flexibility index (Phi) is 2.21. The summed E-state index contributed by atoms with van der Waals surface area (Å²) < 4.78 is 5.28. The lowest BCUT2D eigenvalue weighted by molar-refractivity contribution is 0.532. The molecule has 0 saturated heterocycles. The molecule has 2 aromatic heterocycles. The van der Waals surface area contributed by atoms with Crippen LogP contribution in [0.5, 0.6) is 0 Å². The molecule has 0 fully saturated rings. The van der Waals surface area contributed by atoms with Gasteiger partial charge in [0.25, 0.3) is 0 Å². The van der Waals surface area contributed by atoms with Crippen molar-refractivity contribution in [1.82, 2.24) is 15.2 Å². The molecule has 0 unspecified atom stereocenters. The highest BCUT2D eigenvalue weighted by atomic mass is 35.5. The maximum Gasteiger partial charge on any atom is 0.249 e. The molecule has 2 heterocycles. The zero-order valence-corrected chi connectivity index (χ0v) is 8.54. The van der Waals surface area contributed by atoms with Gasteiger partial charge in [-0.05, 0) is 19.1 Å². The summed E-state index contributed by atoms with van der Waals surface area (Å²) in [4.78, 5) is 4.10.